The number of hydrogen-bond acceptors (Lipinski definition) is 4. The van der Waals surface area contributed by atoms with Gasteiger partial charge in [-0.25, -0.2) is 0 Å². The number of carbonyl (C=O) groups is 1. The largest absolute Gasteiger partial charge is 0.361 e. The highest BCUT2D eigenvalue weighted by atomic mass is 16.5. The fraction of sp³-hybridized carbons (Fsp3) is 0.462. The number of carbonyl (C=O) groups excluding carboxylic acids is 1. The fourth-order valence-electron chi connectivity index (χ4n) is 2.58. The van der Waals surface area contributed by atoms with Gasteiger partial charge in [0.25, 0.3) is 5.91 Å². The second-order valence-electron chi connectivity index (χ2n) is 4.93. The Morgan fingerprint density at radius 2 is 2.37 bits per heavy atom. The van der Waals surface area contributed by atoms with Crippen LogP contribution < -0.4 is 0 Å². The van der Waals surface area contributed by atoms with Crippen LogP contribution in [0, 0.1) is 6.92 Å². The van der Waals surface area contributed by atoms with E-state index in [1.165, 1.54) is 0 Å². The van der Waals surface area contributed by atoms with E-state index in [2.05, 4.69) is 10.3 Å². The molecule has 0 aromatic carbocycles. The van der Waals surface area contributed by atoms with Gasteiger partial charge in [-0.05, 0) is 19.8 Å². The van der Waals surface area contributed by atoms with E-state index in [-0.39, 0.29) is 11.9 Å². The van der Waals surface area contributed by atoms with Crippen LogP contribution in [0.5, 0.6) is 0 Å². The maximum atomic E-state index is 12.4. The molecule has 1 aliphatic rings. The minimum absolute atomic E-state index is 0.0665. The average Bonchev–Trinajstić information content (AvgIpc) is 3.07. The summed E-state index contributed by atoms with van der Waals surface area (Å²) in [6, 6.07) is 1.78. The Morgan fingerprint density at radius 1 is 1.53 bits per heavy atom. The van der Waals surface area contributed by atoms with Crippen molar-refractivity contribution in [1.29, 1.82) is 0 Å². The molecule has 0 aliphatic carbocycles. The molecule has 2 aromatic rings. The van der Waals surface area contributed by atoms with Crippen molar-refractivity contribution in [2.45, 2.75) is 25.8 Å². The summed E-state index contributed by atoms with van der Waals surface area (Å²) in [7, 11) is 1.88. The minimum atomic E-state index is -0.0665. The summed E-state index contributed by atoms with van der Waals surface area (Å²) in [5, 5.41) is 7.98. The molecule has 0 radical (unpaired) electrons. The third-order valence-corrected chi connectivity index (χ3v) is 3.47. The Hall–Kier alpha value is -2.11. The summed E-state index contributed by atoms with van der Waals surface area (Å²) in [5.74, 6) is 0.587. The Bertz CT molecular complexity index is 601. The van der Waals surface area contributed by atoms with Gasteiger partial charge in [0, 0.05) is 31.4 Å². The number of nitrogens with zero attached hydrogens (tertiary/aromatic N) is 4. The zero-order valence-electron chi connectivity index (χ0n) is 11.0. The summed E-state index contributed by atoms with van der Waals surface area (Å²) in [5.41, 5.74) is 1.46. The maximum absolute atomic E-state index is 12.4. The molecule has 1 aliphatic heterocycles. The van der Waals surface area contributed by atoms with Crippen LogP contribution in [0.2, 0.25) is 0 Å². The van der Waals surface area contributed by atoms with Crippen LogP contribution in [0.1, 0.15) is 40.7 Å². The van der Waals surface area contributed by atoms with Gasteiger partial charge in [0.15, 0.2) is 5.69 Å². The SMILES string of the molecule is Cc1cc(C(=O)N2CCCC2c2cnn(C)c2)no1. The molecular weight excluding hydrogens is 244 g/mol. The first-order valence-corrected chi connectivity index (χ1v) is 6.38. The molecule has 1 unspecified atom stereocenters. The first-order chi connectivity index (χ1) is 9.15. The third-order valence-electron chi connectivity index (χ3n) is 3.47. The van der Waals surface area contributed by atoms with Crippen LogP contribution in [0.4, 0.5) is 0 Å². The monoisotopic (exact) mass is 260 g/mol. The van der Waals surface area contributed by atoms with Crippen molar-refractivity contribution < 1.29 is 9.32 Å². The van der Waals surface area contributed by atoms with Crippen molar-refractivity contribution in [2.75, 3.05) is 6.54 Å². The van der Waals surface area contributed by atoms with Gasteiger partial charge >= 0.3 is 0 Å². The van der Waals surface area contributed by atoms with Crippen LogP contribution in [-0.2, 0) is 7.05 Å². The molecular formula is C13H16N4O2. The second kappa shape index (κ2) is 4.53. The van der Waals surface area contributed by atoms with Crippen LogP contribution in [0.15, 0.2) is 23.0 Å². The Balaban J connectivity index is 1.85. The maximum Gasteiger partial charge on any atom is 0.276 e. The van der Waals surface area contributed by atoms with E-state index >= 15 is 0 Å². The van der Waals surface area contributed by atoms with E-state index in [9.17, 15) is 4.79 Å². The quantitative estimate of drug-likeness (QED) is 0.824. The predicted octanol–water partition coefficient (Wildman–Crippen LogP) is 1.69. The molecule has 1 saturated heterocycles. The van der Waals surface area contributed by atoms with Gasteiger partial charge < -0.3 is 9.42 Å². The normalized spacial score (nSPS) is 19.1. The average molecular weight is 260 g/mol. The first kappa shape index (κ1) is 12.0. The molecule has 1 amide bonds. The molecule has 3 rings (SSSR count). The number of likely N-dealkylation sites (tertiary alicyclic amines) is 1. The summed E-state index contributed by atoms with van der Waals surface area (Å²) in [6.07, 6.45) is 5.75. The number of amides is 1. The first-order valence-electron chi connectivity index (χ1n) is 6.38. The van der Waals surface area contributed by atoms with Crippen LogP contribution in [0.25, 0.3) is 0 Å². The van der Waals surface area contributed by atoms with Gasteiger partial charge in [0.1, 0.15) is 5.76 Å². The van der Waals surface area contributed by atoms with Gasteiger partial charge in [-0.15, -0.1) is 0 Å². The van der Waals surface area contributed by atoms with Crippen molar-refractivity contribution in [3.63, 3.8) is 0 Å². The molecule has 0 saturated carbocycles. The number of aryl methyl sites for hydroxylation is 2. The van der Waals surface area contributed by atoms with E-state index in [0.717, 1.165) is 24.9 Å². The fourth-order valence-corrected chi connectivity index (χ4v) is 2.58. The molecule has 3 heterocycles. The molecule has 0 N–H and O–H groups in total. The van der Waals surface area contributed by atoms with E-state index in [0.29, 0.717) is 11.5 Å². The predicted molar refractivity (Wildman–Crippen MR) is 67.5 cm³/mol. The molecule has 6 heteroatoms. The molecule has 2 aromatic heterocycles. The van der Waals surface area contributed by atoms with Crippen molar-refractivity contribution in [3.8, 4) is 0 Å². The molecule has 1 atom stereocenters. The minimum Gasteiger partial charge on any atom is -0.361 e. The molecule has 6 nitrogen and oxygen atoms in total. The summed E-state index contributed by atoms with van der Waals surface area (Å²) in [4.78, 5) is 14.3. The molecule has 1 fully saturated rings. The van der Waals surface area contributed by atoms with Crippen molar-refractivity contribution >= 4 is 5.91 Å². The standard InChI is InChI=1S/C13H16N4O2/c1-9-6-11(15-19-9)13(18)17-5-3-4-12(17)10-7-14-16(2)8-10/h6-8,12H,3-5H2,1-2H3. The highest BCUT2D eigenvalue weighted by Crippen LogP contribution is 2.32. The van der Waals surface area contributed by atoms with Gasteiger partial charge in [-0.3, -0.25) is 9.48 Å². The lowest BCUT2D eigenvalue weighted by Crippen LogP contribution is -2.30. The van der Waals surface area contributed by atoms with Gasteiger partial charge in [-0.1, -0.05) is 5.16 Å². The summed E-state index contributed by atoms with van der Waals surface area (Å²) < 4.78 is 6.74. The highest BCUT2D eigenvalue weighted by Gasteiger charge is 2.32. The summed E-state index contributed by atoms with van der Waals surface area (Å²) in [6.45, 7) is 2.54. The lowest BCUT2D eigenvalue weighted by molar-refractivity contribution is 0.0725. The van der Waals surface area contributed by atoms with E-state index in [1.54, 1.807) is 17.7 Å². The third kappa shape index (κ3) is 2.14. The number of hydrogen-bond donors (Lipinski definition) is 0. The Morgan fingerprint density at radius 3 is 3.00 bits per heavy atom. The zero-order chi connectivity index (χ0) is 13.4. The van der Waals surface area contributed by atoms with Gasteiger partial charge in [0.05, 0.1) is 12.2 Å². The van der Waals surface area contributed by atoms with Crippen molar-refractivity contribution in [3.05, 3.63) is 35.5 Å². The number of rotatable bonds is 2. The topological polar surface area (TPSA) is 64.2 Å². The van der Waals surface area contributed by atoms with E-state index < -0.39 is 0 Å². The Kier molecular flexibility index (Phi) is 2.85. The van der Waals surface area contributed by atoms with Gasteiger partial charge in [0.2, 0.25) is 0 Å². The summed E-state index contributed by atoms with van der Waals surface area (Å²) >= 11 is 0. The lowest BCUT2D eigenvalue weighted by Gasteiger charge is -2.22. The van der Waals surface area contributed by atoms with Crippen LogP contribution in [-0.4, -0.2) is 32.3 Å². The Labute approximate surface area is 111 Å². The zero-order valence-corrected chi connectivity index (χ0v) is 11.0. The number of aromatic nitrogens is 3. The van der Waals surface area contributed by atoms with E-state index in [1.807, 2.05) is 24.3 Å². The highest BCUT2D eigenvalue weighted by molar-refractivity contribution is 5.92. The van der Waals surface area contributed by atoms with Crippen LogP contribution >= 0.6 is 0 Å². The van der Waals surface area contributed by atoms with Crippen molar-refractivity contribution in [1.82, 2.24) is 19.8 Å². The second-order valence-corrected chi connectivity index (χ2v) is 4.93. The van der Waals surface area contributed by atoms with Gasteiger partial charge in [-0.2, -0.15) is 5.10 Å². The molecule has 19 heavy (non-hydrogen) atoms. The van der Waals surface area contributed by atoms with E-state index in [4.69, 9.17) is 4.52 Å². The molecule has 0 spiro atoms. The molecule has 100 valence electrons. The molecule has 0 bridgehead atoms. The van der Waals surface area contributed by atoms with Crippen molar-refractivity contribution in [2.24, 2.45) is 7.05 Å². The lowest BCUT2D eigenvalue weighted by atomic mass is 10.1. The van der Waals surface area contributed by atoms with Crippen LogP contribution in [0.3, 0.4) is 0 Å². The smallest absolute Gasteiger partial charge is 0.276 e.